The zero-order valence-electron chi connectivity index (χ0n) is 19.8. The lowest BCUT2D eigenvalue weighted by molar-refractivity contribution is -0.258. The maximum atomic E-state index is 15.4. The van der Waals surface area contributed by atoms with Crippen LogP contribution in [0.3, 0.4) is 0 Å². The number of allylic oxidation sites excluding steroid dienone is 4. The largest absolute Gasteiger partial charge is 0.496 e. The third-order valence-electron chi connectivity index (χ3n) is 7.75. The number of para-hydroxylation sites is 1. The van der Waals surface area contributed by atoms with Crippen LogP contribution in [-0.2, 0) is 0 Å². The highest BCUT2D eigenvalue weighted by molar-refractivity contribution is 8.14. The van der Waals surface area contributed by atoms with Gasteiger partial charge in [0.2, 0.25) is 0 Å². The Kier molecular flexibility index (Phi) is 5.05. The van der Waals surface area contributed by atoms with Crippen LogP contribution in [0.15, 0.2) is 89.0 Å². The van der Waals surface area contributed by atoms with E-state index in [4.69, 9.17) is 4.74 Å². The first-order valence-corrected chi connectivity index (χ1v) is 13.1. The maximum Gasteiger partial charge on any atom is 0.380 e. The number of rotatable bonds is 3. The second-order valence-electron chi connectivity index (χ2n) is 9.65. The van der Waals surface area contributed by atoms with Crippen molar-refractivity contribution in [1.82, 2.24) is 0 Å². The van der Waals surface area contributed by atoms with E-state index < -0.39 is 38.4 Å². The molecule has 6 rings (SSSR count). The van der Waals surface area contributed by atoms with Crippen LogP contribution in [0, 0.1) is 0 Å². The summed E-state index contributed by atoms with van der Waals surface area (Å²) >= 11 is 2.46. The van der Waals surface area contributed by atoms with Gasteiger partial charge < -0.3 is 4.74 Å². The molecule has 4 aliphatic rings. The molecule has 2 aliphatic carbocycles. The molecule has 0 N–H and O–H groups in total. The molecule has 1 saturated carbocycles. The highest BCUT2D eigenvalue weighted by Crippen LogP contribution is 2.75. The average molecular weight is 551 g/mol. The summed E-state index contributed by atoms with van der Waals surface area (Å²) < 4.78 is 94.4. The fourth-order valence-corrected chi connectivity index (χ4v) is 8.80. The van der Waals surface area contributed by atoms with E-state index in [1.54, 1.807) is 68.4 Å². The minimum Gasteiger partial charge on any atom is -0.496 e. The first-order valence-electron chi connectivity index (χ1n) is 11.5. The predicted octanol–water partition coefficient (Wildman–Crippen LogP) is 8.61. The molecule has 2 unspecified atom stereocenters. The van der Waals surface area contributed by atoms with Crippen LogP contribution in [-0.4, -0.2) is 34.4 Å². The van der Waals surface area contributed by atoms with E-state index in [2.05, 4.69) is 0 Å². The molecule has 1 fully saturated rings. The summed E-state index contributed by atoms with van der Waals surface area (Å²) in [5.41, 5.74) is -1.62. The number of halogens is 6. The molecule has 0 spiro atoms. The quantitative estimate of drug-likeness (QED) is 0.354. The number of methoxy groups -OCH3 is 1. The zero-order chi connectivity index (χ0) is 26.6. The van der Waals surface area contributed by atoms with Crippen molar-refractivity contribution in [3.05, 3.63) is 100 Å². The molecule has 0 amide bonds. The average Bonchev–Trinajstić information content (AvgIpc) is 3.44. The van der Waals surface area contributed by atoms with Gasteiger partial charge in [0.05, 0.1) is 16.6 Å². The van der Waals surface area contributed by atoms with Gasteiger partial charge in [-0.25, -0.2) is 0 Å². The van der Waals surface area contributed by atoms with Crippen molar-refractivity contribution in [3.63, 3.8) is 0 Å². The van der Waals surface area contributed by atoms with Gasteiger partial charge in [0, 0.05) is 26.5 Å². The fourth-order valence-electron chi connectivity index (χ4n) is 5.63. The van der Waals surface area contributed by atoms with Gasteiger partial charge in [0.15, 0.2) is 0 Å². The summed E-state index contributed by atoms with van der Waals surface area (Å²) in [5.74, 6) is -15.2. The van der Waals surface area contributed by atoms with Gasteiger partial charge in [-0.05, 0) is 48.8 Å². The Balaban J connectivity index is 1.67. The second kappa shape index (κ2) is 7.53. The Morgan fingerprint density at radius 1 is 0.649 bits per heavy atom. The van der Waals surface area contributed by atoms with E-state index in [1.165, 1.54) is 42.8 Å². The number of ether oxygens (including phenoxy) is 1. The Morgan fingerprint density at radius 3 is 1.70 bits per heavy atom. The van der Waals surface area contributed by atoms with E-state index in [-0.39, 0.29) is 11.1 Å². The Labute approximate surface area is 218 Å². The monoisotopic (exact) mass is 550 g/mol. The Hall–Kier alpha value is -2.52. The van der Waals surface area contributed by atoms with Crippen molar-refractivity contribution >= 4 is 33.3 Å². The third-order valence-corrected chi connectivity index (χ3v) is 11.1. The summed E-state index contributed by atoms with van der Waals surface area (Å²) in [7, 11) is 1.46. The SMILES string of the molecule is COc1ccccc1C1=CC2=C3C(=C4C=C(c5ccccc5)SC4(C)C2(C)S1)C(F)(F)C(F)(F)C3(F)F. The minimum atomic E-state index is -5.57. The molecule has 0 saturated heterocycles. The molecule has 2 aliphatic heterocycles. The summed E-state index contributed by atoms with van der Waals surface area (Å²) in [4.78, 5) is 1.06. The molecular weight excluding hydrogens is 530 g/mol. The number of benzene rings is 2. The van der Waals surface area contributed by atoms with Crippen molar-refractivity contribution in [2.24, 2.45) is 0 Å². The Bertz CT molecular complexity index is 1470. The summed E-state index contributed by atoms with van der Waals surface area (Å²) in [5, 5.41) is 0. The van der Waals surface area contributed by atoms with Crippen LogP contribution >= 0.6 is 23.5 Å². The van der Waals surface area contributed by atoms with Crippen LogP contribution in [0.25, 0.3) is 9.81 Å². The lowest BCUT2D eigenvalue weighted by atomic mass is 9.71. The number of fused-ring (bicyclic) bond motifs is 4. The molecule has 0 bridgehead atoms. The summed E-state index contributed by atoms with van der Waals surface area (Å²) in [6, 6.07) is 15.8. The lowest BCUT2D eigenvalue weighted by Gasteiger charge is -2.47. The molecule has 192 valence electrons. The van der Waals surface area contributed by atoms with Gasteiger partial charge in [-0.15, -0.1) is 23.5 Å². The highest BCUT2D eigenvalue weighted by atomic mass is 32.2. The summed E-state index contributed by atoms with van der Waals surface area (Å²) in [6.45, 7) is 3.36. The first kappa shape index (κ1) is 24.8. The van der Waals surface area contributed by atoms with Crippen molar-refractivity contribution in [3.8, 4) is 5.75 Å². The first-order chi connectivity index (χ1) is 17.3. The predicted molar refractivity (Wildman–Crippen MR) is 136 cm³/mol. The van der Waals surface area contributed by atoms with E-state index in [1.807, 2.05) is 0 Å². The molecule has 2 atom stereocenters. The summed E-state index contributed by atoms with van der Waals surface area (Å²) in [6.07, 6.45) is 2.76. The molecule has 2 aromatic carbocycles. The van der Waals surface area contributed by atoms with Gasteiger partial charge in [-0.2, -0.15) is 26.3 Å². The number of hydrogen-bond donors (Lipinski definition) is 0. The van der Waals surface area contributed by atoms with Crippen LogP contribution < -0.4 is 4.74 Å². The molecule has 2 aromatic rings. The van der Waals surface area contributed by atoms with Gasteiger partial charge in [-0.3, -0.25) is 0 Å². The molecule has 9 heteroatoms. The van der Waals surface area contributed by atoms with E-state index in [9.17, 15) is 8.78 Å². The van der Waals surface area contributed by atoms with Crippen molar-refractivity contribution in [2.45, 2.75) is 41.1 Å². The molecule has 1 nitrogen and oxygen atoms in total. The van der Waals surface area contributed by atoms with E-state index in [0.717, 1.165) is 0 Å². The standard InChI is InChI=1S/C28H20F6OS2/c1-24-17(13-20(36-24)15-9-5-4-6-10-15)22-23(27(31,32)28(33,34)26(22,29)30)18-14-21(37-25(18,24)2)16-11-7-8-12-19(16)35-3/h4-14H,1-3H3. The minimum absolute atomic E-state index is 0.179. The van der Waals surface area contributed by atoms with Gasteiger partial charge in [-0.1, -0.05) is 48.5 Å². The fraction of sp³-hybridized carbons (Fsp3) is 0.286. The van der Waals surface area contributed by atoms with Crippen molar-refractivity contribution in [2.75, 3.05) is 7.11 Å². The number of thioether (sulfide) groups is 2. The van der Waals surface area contributed by atoms with Crippen LogP contribution in [0.5, 0.6) is 5.75 Å². The zero-order valence-corrected chi connectivity index (χ0v) is 21.5. The second-order valence-corrected chi connectivity index (χ2v) is 12.6. The van der Waals surface area contributed by atoms with Gasteiger partial charge in [0.25, 0.3) is 0 Å². The van der Waals surface area contributed by atoms with E-state index in [0.29, 0.717) is 26.7 Å². The Morgan fingerprint density at radius 2 is 1.14 bits per heavy atom. The normalized spacial score (nSPS) is 30.5. The maximum absolute atomic E-state index is 15.4. The molecular formula is C28H20F6OS2. The third kappa shape index (κ3) is 2.87. The topological polar surface area (TPSA) is 9.23 Å². The van der Waals surface area contributed by atoms with E-state index >= 15 is 17.6 Å². The molecule has 37 heavy (non-hydrogen) atoms. The van der Waals surface area contributed by atoms with Gasteiger partial charge in [0.1, 0.15) is 5.75 Å². The van der Waals surface area contributed by atoms with Crippen LogP contribution in [0.2, 0.25) is 0 Å². The highest BCUT2D eigenvalue weighted by Gasteiger charge is 2.84. The number of hydrogen-bond acceptors (Lipinski definition) is 3. The van der Waals surface area contributed by atoms with Crippen LogP contribution in [0.1, 0.15) is 25.0 Å². The molecule has 0 radical (unpaired) electrons. The molecule has 2 heterocycles. The lowest BCUT2D eigenvalue weighted by Crippen LogP contribution is -2.48. The van der Waals surface area contributed by atoms with Crippen molar-refractivity contribution < 1.29 is 31.1 Å². The molecule has 0 aromatic heterocycles. The van der Waals surface area contributed by atoms with Crippen LogP contribution in [0.4, 0.5) is 26.3 Å². The smallest absolute Gasteiger partial charge is 0.380 e. The van der Waals surface area contributed by atoms with Crippen molar-refractivity contribution in [1.29, 1.82) is 0 Å². The van der Waals surface area contributed by atoms with Gasteiger partial charge >= 0.3 is 17.8 Å². The number of alkyl halides is 6.